The zero-order valence-corrected chi connectivity index (χ0v) is 61.6. The van der Waals surface area contributed by atoms with Crippen LogP contribution in [0.5, 0.6) is 11.5 Å². The van der Waals surface area contributed by atoms with Crippen molar-refractivity contribution in [2.24, 2.45) is 29.4 Å². The lowest BCUT2D eigenvalue weighted by atomic mass is 9.97. The van der Waals surface area contributed by atoms with Crippen LogP contribution in [0.2, 0.25) is 0 Å². The van der Waals surface area contributed by atoms with E-state index in [9.17, 15) is 47.9 Å². The monoisotopic (exact) mass is 1380 g/mol. The summed E-state index contributed by atoms with van der Waals surface area (Å²) in [5.74, 6) is -7.01. The van der Waals surface area contributed by atoms with Gasteiger partial charge in [0.2, 0.25) is 41.4 Å². The number of hydrogen-bond donors (Lipinski definition) is 8. The zero-order chi connectivity index (χ0) is 73.8. The van der Waals surface area contributed by atoms with Gasteiger partial charge in [-0.2, -0.15) is 0 Å². The first-order valence-corrected chi connectivity index (χ1v) is 35.6. The molecule has 0 aliphatic carbocycles. The number of hydrogen-bond acceptors (Lipinski definition) is 16. The molecule has 3 rings (SSSR count). The van der Waals surface area contributed by atoms with Crippen LogP contribution in [0.1, 0.15) is 228 Å². The number of carbonyl (C=O) groups is 10. The molecule has 0 saturated heterocycles. The smallest absolute Gasteiger partial charge is 0.329 e. The van der Waals surface area contributed by atoms with E-state index in [1.165, 1.54) is 32.6 Å². The molecule has 3 aromatic carbocycles. The van der Waals surface area contributed by atoms with Gasteiger partial charge < -0.3 is 66.6 Å². The standard InChI is InChI=1S/C76H118N8O15/c1-16-18-19-20-21-22-23-24-28-31-58(45-65(86)97-47-53-29-26-25-27-30-53)98-75(94)67(51(9)17-2)84-74(93)62(44-50(7)8)82-73(92)63(46-66(87)99-76(11,12)13)79-69(88)52(10)78-71(90)60(42-48(3)4)81-72(91)61(43-49(5)6)80-70(89)59(77)40-41-64(85)83-68(54-32-36-56(95-14)37-33-54)55-34-38-57(96-15)39-35-55/h25-27,29-30,32-39,48-52,58-63,67-68H,16-24,28,31,40-47,77H2,1-15H3,(H,78,90)(H,79,88)(H,80,89)(H,81,91)(H,82,92)(H,83,85)(H,84,93)/t51-,52-,58?,59-,60+,61-,62+,63-,67-/m0/s1. The van der Waals surface area contributed by atoms with E-state index in [2.05, 4.69) is 44.1 Å². The summed E-state index contributed by atoms with van der Waals surface area (Å²) in [5.41, 5.74) is 7.74. The van der Waals surface area contributed by atoms with Gasteiger partial charge in [0.1, 0.15) is 66.1 Å². The normalized spacial score (nSPS) is 14.2. The van der Waals surface area contributed by atoms with E-state index < -0.39 is 126 Å². The Morgan fingerprint density at radius 1 is 0.485 bits per heavy atom. The number of ether oxygens (including phenoxy) is 5. The fourth-order valence-electron chi connectivity index (χ4n) is 11.0. The average molecular weight is 1380 g/mol. The minimum absolute atomic E-state index is 0.0445. The number of esters is 3. The molecule has 0 aliphatic rings. The maximum atomic E-state index is 14.5. The van der Waals surface area contributed by atoms with Gasteiger partial charge in [0.15, 0.2) is 0 Å². The van der Waals surface area contributed by atoms with Crippen molar-refractivity contribution in [2.45, 2.75) is 272 Å². The summed E-state index contributed by atoms with van der Waals surface area (Å²) in [7, 11) is 3.12. The van der Waals surface area contributed by atoms with Crippen LogP contribution >= 0.6 is 0 Å². The molecule has 7 amide bonds. The number of methoxy groups -OCH3 is 2. The van der Waals surface area contributed by atoms with Crippen molar-refractivity contribution in [3.63, 3.8) is 0 Å². The van der Waals surface area contributed by atoms with Crippen molar-refractivity contribution < 1.29 is 71.6 Å². The highest BCUT2D eigenvalue weighted by molar-refractivity contribution is 5.98. The molecule has 0 bridgehead atoms. The molecule has 9 N–H and O–H groups in total. The predicted octanol–water partition coefficient (Wildman–Crippen LogP) is 9.83. The Balaban J connectivity index is 1.79. The Morgan fingerprint density at radius 2 is 0.939 bits per heavy atom. The molecule has 1 unspecified atom stereocenters. The third kappa shape index (κ3) is 33.6. The summed E-state index contributed by atoms with van der Waals surface area (Å²) in [6, 6.07) is 14.0. The molecule has 23 nitrogen and oxygen atoms in total. The first-order valence-electron chi connectivity index (χ1n) is 35.6. The summed E-state index contributed by atoms with van der Waals surface area (Å²) in [5, 5.41) is 19.3. The van der Waals surface area contributed by atoms with Crippen LogP contribution in [-0.2, 0) is 68.8 Å². The molecule has 9 atom stereocenters. The highest BCUT2D eigenvalue weighted by atomic mass is 16.6. The molecule has 99 heavy (non-hydrogen) atoms. The molecule has 0 spiro atoms. The summed E-state index contributed by atoms with van der Waals surface area (Å²) < 4.78 is 27.9. The van der Waals surface area contributed by atoms with Gasteiger partial charge >= 0.3 is 17.9 Å². The second-order valence-electron chi connectivity index (χ2n) is 28.2. The molecular weight excluding hydrogens is 1260 g/mol. The highest BCUT2D eigenvalue weighted by Gasteiger charge is 2.37. The number of nitrogens with two attached hydrogens (primary N) is 1. The maximum Gasteiger partial charge on any atom is 0.329 e. The molecule has 0 aliphatic heterocycles. The lowest BCUT2D eigenvalue weighted by Crippen LogP contribution is -2.60. The molecular formula is C76H118N8O15. The van der Waals surface area contributed by atoms with Crippen molar-refractivity contribution in [3.8, 4) is 11.5 Å². The van der Waals surface area contributed by atoms with E-state index in [4.69, 9.17) is 29.4 Å². The summed E-state index contributed by atoms with van der Waals surface area (Å²) in [6.07, 6.45) is 8.74. The van der Waals surface area contributed by atoms with E-state index in [1.54, 1.807) is 66.2 Å². The molecule has 0 radical (unpaired) electrons. The maximum absolute atomic E-state index is 14.5. The second kappa shape index (κ2) is 44.8. The van der Waals surface area contributed by atoms with Gasteiger partial charge in [-0.1, -0.05) is 175 Å². The molecule has 0 heterocycles. The fourth-order valence-corrected chi connectivity index (χ4v) is 11.0. The van der Waals surface area contributed by atoms with Gasteiger partial charge in [-0.05, 0) is 131 Å². The molecule has 0 saturated carbocycles. The quantitative estimate of drug-likeness (QED) is 0.0148. The Morgan fingerprint density at radius 3 is 1.41 bits per heavy atom. The van der Waals surface area contributed by atoms with Crippen LogP contribution in [0.25, 0.3) is 0 Å². The predicted molar refractivity (Wildman–Crippen MR) is 381 cm³/mol. The molecule has 0 aromatic heterocycles. The van der Waals surface area contributed by atoms with Crippen LogP contribution < -0.4 is 52.4 Å². The lowest BCUT2D eigenvalue weighted by molar-refractivity contribution is -0.160. The van der Waals surface area contributed by atoms with E-state index in [0.29, 0.717) is 30.8 Å². The van der Waals surface area contributed by atoms with Gasteiger partial charge in [-0.3, -0.25) is 43.2 Å². The lowest BCUT2D eigenvalue weighted by Gasteiger charge is -2.29. The van der Waals surface area contributed by atoms with Crippen LogP contribution in [0.15, 0.2) is 78.9 Å². The van der Waals surface area contributed by atoms with Crippen molar-refractivity contribution in [3.05, 3.63) is 95.6 Å². The summed E-state index contributed by atoms with van der Waals surface area (Å²) in [4.78, 5) is 140. The topological polar surface area (TPSA) is 327 Å². The van der Waals surface area contributed by atoms with Gasteiger partial charge in [0, 0.05) is 6.42 Å². The Labute approximate surface area is 588 Å². The zero-order valence-electron chi connectivity index (χ0n) is 61.6. The van der Waals surface area contributed by atoms with E-state index in [-0.39, 0.29) is 68.8 Å². The number of benzene rings is 3. The Bertz CT molecular complexity index is 2930. The number of rotatable bonds is 46. The summed E-state index contributed by atoms with van der Waals surface area (Å²) in [6.45, 7) is 23.1. The molecule has 552 valence electrons. The number of nitrogens with one attached hydrogen (secondary N) is 7. The van der Waals surface area contributed by atoms with Crippen LogP contribution in [0, 0.1) is 23.7 Å². The van der Waals surface area contributed by atoms with E-state index >= 15 is 0 Å². The van der Waals surface area contributed by atoms with Gasteiger partial charge in [0.05, 0.1) is 39.1 Å². The van der Waals surface area contributed by atoms with Crippen molar-refractivity contribution in [2.75, 3.05) is 14.2 Å². The minimum atomic E-state index is -1.66. The van der Waals surface area contributed by atoms with E-state index in [0.717, 1.165) is 42.4 Å². The molecule has 23 heteroatoms. The number of amides is 7. The van der Waals surface area contributed by atoms with Gasteiger partial charge in [-0.15, -0.1) is 0 Å². The van der Waals surface area contributed by atoms with Crippen molar-refractivity contribution >= 4 is 59.3 Å². The van der Waals surface area contributed by atoms with Crippen LogP contribution in [0.3, 0.4) is 0 Å². The molecule has 0 fully saturated rings. The Kier molecular flexibility index (Phi) is 38.6. The highest BCUT2D eigenvalue weighted by Crippen LogP contribution is 2.27. The fraction of sp³-hybridized carbons (Fsp3) is 0.632. The SMILES string of the molecule is CCCCCCCCCCCC(CC(=O)OCc1ccccc1)OC(=O)[C@@H](NC(=O)[C@@H](CC(C)C)NC(=O)[C@H](CC(=O)OC(C)(C)C)NC(=O)[C@H](C)NC(=O)[C@@H](CC(C)C)NC(=O)[C@H](CC(C)C)NC(=O)[C@@H](N)CCC(=O)NC(c1ccc(OC)cc1)c1ccc(OC)cc1)[C@@H](C)CC. The number of carbonyl (C=O) groups excluding carboxylic acids is 10. The minimum Gasteiger partial charge on any atom is -0.497 e. The summed E-state index contributed by atoms with van der Waals surface area (Å²) >= 11 is 0. The van der Waals surface area contributed by atoms with E-state index in [1.807, 2.05) is 103 Å². The van der Waals surface area contributed by atoms with Gasteiger partial charge in [-0.25, -0.2) is 4.79 Å². The van der Waals surface area contributed by atoms with Gasteiger partial charge in [0.25, 0.3) is 0 Å². The second-order valence-corrected chi connectivity index (χ2v) is 28.2. The number of unbranched alkanes of at least 4 members (excludes halogenated alkanes) is 8. The third-order valence-electron chi connectivity index (χ3n) is 16.7. The third-order valence-corrected chi connectivity index (χ3v) is 16.7. The van der Waals surface area contributed by atoms with Crippen LogP contribution in [0.4, 0.5) is 0 Å². The average Bonchev–Trinajstić information content (AvgIpc) is 0.851. The Hall–Kier alpha value is -8.08. The largest absolute Gasteiger partial charge is 0.497 e. The molecule has 3 aromatic rings. The van der Waals surface area contributed by atoms with Crippen molar-refractivity contribution in [1.82, 2.24) is 37.2 Å². The first kappa shape index (κ1) is 85.1. The van der Waals surface area contributed by atoms with Crippen LogP contribution in [-0.4, -0.2) is 127 Å². The van der Waals surface area contributed by atoms with Crippen molar-refractivity contribution in [1.29, 1.82) is 0 Å². The first-order chi connectivity index (χ1) is 46.9.